The Morgan fingerprint density at radius 3 is 2.86 bits per heavy atom. The Kier molecular flexibility index (Phi) is 1.61. The standard InChI is InChI=1S/C9H14O5/c10-3-6-8(11)4-13-5-1-2-9(12,14-6)7(5)8/h5-7,10-12H,1-4H2/t5-,6-,7+,8+,9-/m1/s1. The van der Waals surface area contributed by atoms with Crippen molar-refractivity contribution in [1.29, 1.82) is 0 Å². The highest BCUT2D eigenvalue weighted by molar-refractivity contribution is 5.15. The zero-order valence-electron chi connectivity index (χ0n) is 7.72. The van der Waals surface area contributed by atoms with Gasteiger partial charge in [-0.15, -0.1) is 0 Å². The van der Waals surface area contributed by atoms with Gasteiger partial charge >= 0.3 is 0 Å². The number of rotatable bonds is 1. The van der Waals surface area contributed by atoms with Gasteiger partial charge in [-0.25, -0.2) is 0 Å². The van der Waals surface area contributed by atoms with Crippen molar-refractivity contribution < 1.29 is 24.8 Å². The Morgan fingerprint density at radius 1 is 1.36 bits per heavy atom. The molecule has 0 aromatic carbocycles. The van der Waals surface area contributed by atoms with E-state index in [2.05, 4.69) is 0 Å². The zero-order valence-corrected chi connectivity index (χ0v) is 7.72. The third-order valence-corrected chi connectivity index (χ3v) is 3.78. The minimum atomic E-state index is -1.29. The molecule has 0 spiro atoms. The van der Waals surface area contributed by atoms with Crippen LogP contribution in [0.4, 0.5) is 0 Å². The number of hydrogen-bond acceptors (Lipinski definition) is 5. The fourth-order valence-electron chi connectivity index (χ4n) is 3.15. The highest BCUT2D eigenvalue weighted by Gasteiger charge is 2.71. The first kappa shape index (κ1) is 9.06. The molecule has 2 aliphatic heterocycles. The minimum Gasteiger partial charge on any atom is -0.394 e. The van der Waals surface area contributed by atoms with Crippen LogP contribution in [0.3, 0.4) is 0 Å². The van der Waals surface area contributed by atoms with E-state index in [9.17, 15) is 10.2 Å². The van der Waals surface area contributed by atoms with Gasteiger partial charge in [-0.2, -0.15) is 0 Å². The molecule has 0 bridgehead atoms. The molecule has 80 valence electrons. The molecule has 2 heterocycles. The molecule has 3 fully saturated rings. The topological polar surface area (TPSA) is 79.2 Å². The molecule has 5 atom stereocenters. The SMILES string of the molecule is OC[C@H]1O[C@]2(O)CC[C@H]3OC[C@@]1(O)[C@H]32. The van der Waals surface area contributed by atoms with Crippen molar-refractivity contribution in [1.82, 2.24) is 0 Å². The minimum absolute atomic E-state index is 0.124. The van der Waals surface area contributed by atoms with Crippen molar-refractivity contribution >= 4 is 0 Å². The second-order valence-electron chi connectivity index (χ2n) is 4.49. The summed E-state index contributed by atoms with van der Waals surface area (Å²) in [6.45, 7) is -0.138. The molecule has 3 aliphatic rings. The Hall–Kier alpha value is -0.200. The smallest absolute Gasteiger partial charge is 0.174 e. The molecule has 14 heavy (non-hydrogen) atoms. The van der Waals surface area contributed by atoms with E-state index in [4.69, 9.17) is 14.6 Å². The third-order valence-electron chi connectivity index (χ3n) is 3.78. The molecule has 3 N–H and O–H groups in total. The lowest BCUT2D eigenvalue weighted by Crippen LogP contribution is -2.47. The predicted molar refractivity (Wildman–Crippen MR) is 44.3 cm³/mol. The van der Waals surface area contributed by atoms with Crippen LogP contribution >= 0.6 is 0 Å². The van der Waals surface area contributed by atoms with Crippen molar-refractivity contribution in [3.8, 4) is 0 Å². The number of hydrogen-bond donors (Lipinski definition) is 3. The van der Waals surface area contributed by atoms with Crippen LogP contribution < -0.4 is 0 Å². The molecule has 1 saturated carbocycles. The molecular weight excluding hydrogens is 188 g/mol. The zero-order chi connectivity index (χ0) is 9.97. The van der Waals surface area contributed by atoms with E-state index in [-0.39, 0.29) is 19.3 Å². The summed E-state index contributed by atoms with van der Waals surface area (Å²) in [4.78, 5) is 0. The normalized spacial score (nSPS) is 60.6. The Bertz CT molecular complexity index is 270. The van der Waals surface area contributed by atoms with Crippen molar-refractivity contribution in [3.63, 3.8) is 0 Å². The summed E-state index contributed by atoms with van der Waals surface area (Å²) in [6, 6.07) is 0. The van der Waals surface area contributed by atoms with Gasteiger partial charge in [0.25, 0.3) is 0 Å². The molecule has 0 radical (unpaired) electrons. The molecule has 1 aliphatic carbocycles. The highest BCUT2D eigenvalue weighted by Crippen LogP contribution is 2.56. The number of aliphatic hydroxyl groups excluding tert-OH is 1. The molecule has 0 aromatic heterocycles. The highest BCUT2D eigenvalue weighted by atomic mass is 16.7. The maximum absolute atomic E-state index is 10.3. The van der Waals surface area contributed by atoms with Crippen LogP contribution in [0.15, 0.2) is 0 Å². The maximum atomic E-state index is 10.3. The van der Waals surface area contributed by atoms with Crippen LogP contribution in [0.25, 0.3) is 0 Å². The van der Waals surface area contributed by atoms with Crippen LogP contribution in [0.1, 0.15) is 12.8 Å². The number of aliphatic hydroxyl groups is 3. The van der Waals surface area contributed by atoms with Crippen molar-refractivity contribution in [2.45, 2.75) is 36.4 Å². The van der Waals surface area contributed by atoms with E-state index >= 15 is 0 Å². The molecule has 0 unspecified atom stereocenters. The van der Waals surface area contributed by atoms with Gasteiger partial charge in [0, 0.05) is 6.42 Å². The van der Waals surface area contributed by atoms with E-state index in [1.807, 2.05) is 0 Å². The van der Waals surface area contributed by atoms with Gasteiger partial charge in [-0.05, 0) is 6.42 Å². The van der Waals surface area contributed by atoms with Crippen molar-refractivity contribution in [2.24, 2.45) is 5.92 Å². The summed E-state index contributed by atoms with van der Waals surface area (Å²) >= 11 is 0. The Morgan fingerprint density at radius 2 is 2.14 bits per heavy atom. The lowest BCUT2D eigenvalue weighted by molar-refractivity contribution is -0.213. The molecular formula is C9H14O5. The lowest BCUT2D eigenvalue weighted by Gasteiger charge is -2.24. The second-order valence-corrected chi connectivity index (χ2v) is 4.49. The summed E-state index contributed by atoms with van der Waals surface area (Å²) in [5, 5.41) is 29.4. The monoisotopic (exact) mass is 202 g/mol. The first-order valence-corrected chi connectivity index (χ1v) is 4.95. The first-order valence-electron chi connectivity index (χ1n) is 4.95. The third kappa shape index (κ3) is 0.827. The largest absolute Gasteiger partial charge is 0.394 e. The summed E-state index contributed by atoms with van der Waals surface area (Å²) in [7, 11) is 0. The van der Waals surface area contributed by atoms with Crippen LogP contribution in [0.5, 0.6) is 0 Å². The molecule has 3 rings (SSSR count). The molecule has 2 saturated heterocycles. The summed E-state index contributed by atoms with van der Waals surface area (Å²) in [6.07, 6.45) is 0.340. The van der Waals surface area contributed by atoms with Gasteiger partial charge in [-0.1, -0.05) is 0 Å². The summed E-state index contributed by atoms with van der Waals surface area (Å²) in [5.74, 6) is -1.68. The molecule has 5 heteroatoms. The van der Waals surface area contributed by atoms with Gasteiger partial charge < -0.3 is 24.8 Å². The number of ether oxygens (including phenoxy) is 2. The van der Waals surface area contributed by atoms with Crippen LogP contribution in [-0.4, -0.2) is 52.1 Å². The summed E-state index contributed by atoms with van der Waals surface area (Å²) < 4.78 is 10.7. The Labute approximate surface area is 81.3 Å². The van der Waals surface area contributed by atoms with Crippen LogP contribution in [0, 0.1) is 5.92 Å². The van der Waals surface area contributed by atoms with Gasteiger partial charge in [-0.3, -0.25) is 0 Å². The van der Waals surface area contributed by atoms with Gasteiger partial charge in [0.1, 0.15) is 11.7 Å². The van der Waals surface area contributed by atoms with Crippen LogP contribution in [-0.2, 0) is 9.47 Å². The van der Waals surface area contributed by atoms with Gasteiger partial charge in [0.15, 0.2) is 5.79 Å². The van der Waals surface area contributed by atoms with E-state index in [1.165, 1.54) is 0 Å². The van der Waals surface area contributed by atoms with Crippen molar-refractivity contribution in [3.05, 3.63) is 0 Å². The van der Waals surface area contributed by atoms with Crippen molar-refractivity contribution in [2.75, 3.05) is 13.2 Å². The molecule has 5 nitrogen and oxygen atoms in total. The van der Waals surface area contributed by atoms with Gasteiger partial charge in [0.05, 0.1) is 25.2 Å². The van der Waals surface area contributed by atoms with E-state index < -0.39 is 23.4 Å². The van der Waals surface area contributed by atoms with Crippen LogP contribution in [0.2, 0.25) is 0 Å². The summed E-state index contributed by atoms with van der Waals surface area (Å²) in [5.41, 5.74) is -1.20. The molecule has 0 aromatic rings. The predicted octanol–water partition coefficient (Wildman–Crippen LogP) is -1.39. The van der Waals surface area contributed by atoms with Gasteiger partial charge in [0.2, 0.25) is 0 Å². The fraction of sp³-hybridized carbons (Fsp3) is 1.00. The lowest BCUT2D eigenvalue weighted by atomic mass is 9.84. The fourth-order valence-corrected chi connectivity index (χ4v) is 3.15. The maximum Gasteiger partial charge on any atom is 0.174 e. The second kappa shape index (κ2) is 2.48. The average Bonchev–Trinajstić information content (AvgIpc) is 2.71. The molecule has 0 amide bonds. The first-order chi connectivity index (χ1) is 6.60. The van der Waals surface area contributed by atoms with E-state index in [0.29, 0.717) is 12.8 Å². The van der Waals surface area contributed by atoms with E-state index in [1.54, 1.807) is 0 Å². The quantitative estimate of drug-likeness (QED) is 0.487. The Balaban J connectivity index is 2.02. The van der Waals surface area contributed by atoms with E-state index in [0.717, 1.165) is 0 Å². The average molecular weight is 202 g/mol.